The number of nitro benzene ring substituents is 1. The van der Waals surface area contributed by atoms with Crippen LogP contribution in [-0.4, -0.2) is 24.6 Å². The summed E-state index contributed by atoms with van der Waals surface area (Å²) in [7, 11) is 0. The molecule has 0 amide bonds. The molecule has 0 radical (unpaired) electrons. The monoisotopic (exact) mass is 348 g/mol. The summed E-state index contributed by atoms with van der Waals surface area (Å²) in [6.07, 6.45) is 1.07. The van der Waals surface area contributed by atoms with Crippen LogP contribution < -0.4 is 10.1 Å². The Bertz CT molecular complexity index is 419. The summed E-state index contributed by atoms with van der Waals surface area (Å²) in [5.41, 5.74) is 0.0443. The third-order valence-corrected chi connectivity index (χ3v) is 3.43. The molecule has 1 aliphatic heterocycles. The Kier molecular flexibility index (Phi) is 4.16. The van der Waals surface area contributed by atoms with Crippen molar-refractivity contribution >= 4 is 28.3 Å². The zero-order valence-electron chi connectivity index (χ0n) is 9.19. The number of nitrogens with zero attached hydrogens (tertiary/aromatic N) is 1. The average Bonchev–Trinajstić information content (AvgIpc) is 2.80. The van der Waals surface area contributed by atoms with Crippen molar-refractivity contribution in [3.8, 4) is 5.75 Å². The standard InChI is InChI=1S/C11H13IN2O3/c12-9-1-2-11(10(5-9)14(15)16)17-7-8-3-4-13-6-8/h1-2,5,8,13H,3-4,6-7H2. The van der Waals surface area contributed by atoms with Crippen LogP contribution in [0.3, 0.4) is 0 Å². The Morgan fingerprint density at radius 3 is 3.06 bits per heavy atom. The highest BCUT2D eigenvalue weighted by Gasteiger charge is 2.19. The van der Waals surface area contributed by atoms with E-state index in [0.29, 0.717) is 18.3 Å². The van der Waals surface area contributed by atoms with Gasteiger partial charge in [0, 0.05) is 22.1 Å². The Morgan fingerprint density at radius 1 is 1.59 bits per heavy atom. The zero-order valence-corrected chi connectivity index (χ0v) is 11.3. The second-order valence-electron chi connectivity index (χ2n) is 4.04. The maximum atomic E-state index is 10.9. The molecule has 6 heteroatoms. The van der Waals surface area contributed by atoms with E-state index >= 15 is 0 Å². The molecular formula is C11H13IN2O3. The maximum absolute atomic E-state index is 10.9. The number of ether oxygens (including phenoxy) is 1. The topological polar surface area (TPSA) is 64.4 Å². The van der Waals surface area contributed by atoms with Crippen LogP contribution >= 0.6 is 22.6 Å². The first kappa shape index (κ1) is 12.6. The molecule has 92 valence electrons. The maximum Gasteiger partial charge on any atom is 0.311 e. The first-order valence-corrected chi connectivity index (χ1v) is 6.52. The van der Waals surface area contributed by atoms with Crippen LogP contribution in [0.5, 0.6) is 5.75 Å². The van der Waals surface area contributed by atoms with Gasteiger partial charge in [-0.2, -0.15) is 0 Å². The number of nitro groups is 1. The van der Waals surface area contributed by atoms with Gasteiger partial charge in [-0.05, 0) is 47.7 Å². The molecule has 0 saturated carbocycles. The molecule has 1 aliphatic rings. The summed E-state index contributed by atoms with van der Waals surface area (Å²) in [4.78, 5) is 10.5. The average molecular weight is 348 g/mol. The molecule has 1 aromatic rings. The van der Waals surface area contributed by atoms with E-state index in [9.17, 15) is 10.1 Å². The van der Waals surface area contributed by atoms with Crippen molar-refractivity contribution in [2.45, 2.75) is 6.42 Å². The zero-order chi connectivity index (χ0) is 12.3. The van der Waals surface area contributed by atoms with Crippen LogP contribution in [0.4, 0.5) is 5.69 Å². The minimum Gasteiger partial charge on any atom is -0.486 e. The third-order valence-electron chi connectivity index (χ3n) is 2.75. The van der Waals surface area contributed by atoms with Gasteiger partial charge in [-0.25, -0.2) is 0 Å². The minimum atomic E-state index is -0.398. The second kappa shape index (κ2) is 5.63. The van der Waals surface area contributed by atoms with Crippen LogP contribution in [0.2, 0.25) is 0 Å². The molecule has 1 saturated heterocycles. The van der Waals surface area contributed by atoms with Crippen molar-refractivity contribution in [3.63, 3.8) is 0 Å². The highest BCUT2D eigenvalue weighted by molar-refractivity contribution is 14.1. The van der Waals surface area contributed by atoms with Gasteiger partial charge in [0.25, 0.3) is 0 Å². The molecule has 0 spiro atoms. The van der Waals surface area contributed by atoms with Crippen LogP contribution in [-0.2, 0) is 0 Å². The first-order chi connectivity index (χ1) is 8.16. The summed E-state index contributed by atoms with van der Waals surface area (Å²) in [5, 5.41) is 14.1. The Balaban J connectivity index is 2.06. The van der Waals surface area contributed by atoms with Crippen molar-refractivity contribution in [1.82, 2.24) is 5.32 Å². The Morgan fingerprint density at radius 2 is 2.41 bits per heavy atom. The van der Waals surface area contributed by atoms with Gasteiger partial charge in [-0.3, -0.25) is 10.1 Å². The Labute approximate surface area is 113 Å². The van der Waals surface area contributed by atoms with Crippen molar-refractivity contribution in [3.05, 3.63) is 31.9 Å². The number of rotatable bonds is 4. The minimum absolute atomic E-state index is 0.0443. The largest absolute Gasteiger partial charge is 0.486 e. The summed E-state index contributed by atoms with van der Waals surface area (Å²) < 4.78 is 6.39. The molecule has 17 heavy (non-hydrogen) atoms. The summed E-state index contributed by atoms with van der Waals surface area (Å²) in [5.74, 6) is 0.816. The molecule has 1 heterocycles. The second-order valence-corrected chi connectivity index (χ2v) is 5.28. The first-order valence-electron chi connectivity index (χ1n) is 5.44. The highest BCUT2D eigenvalue weighted by Crippen LogP contribution is 2.29. The third kappa shape index (κ3) is 3.29. The normalized spacial score (nSPS) is 19.2. The molecule has 2 rings (SSSR count). The van der Waals surface area contributed by atoms with Gasteiger partial charge in [-0.1, -0.05) is 0 Å². The molecule has 1 atom stereocenters. The lowest BCUT2D eigenvalue weighted by Gasteiger charge is -2.11. The van der Waals surface area contributed by atoms with Crippen LogP contribution in [0.15, 0.2) is 18.2 Å². The molecule has 1 unspecified atom stereocenters. The van der Waals surface area contributed by atoms with E-state index in [0.717, 1.165) is 23.1 Å². The van der Waals surface area contributed by atoms with E-state index < -0.39 is 4.92 Å². The van der Waals surface area contributed by atoms with E-state index in [1.807, 2.05) is 6.07 Å². The lowest BCUT2D eigenvalue weighted by molar-refractivity contribution is -0.386. The molecule has 1 aromatic carbocycles. The van der Waals surface area contributed by atoms with Gasteiger partial charge >= 0.3 is 5.69 Å². The lowest BCUT2D eigenvalue weighted by Crippen LogP contribution is -2.15. The summed E-state index contributed by atoms with van der Waals surface area (Å²) >= 11 is 2.05. The van der Waals surface area contributed by atoms with E-state index in [4.69, 9.17) is 4.74 Å². The highest BCUT2D eigenvalue weighted by atomic mass is 127. The SMILES string of the molecule is O=[N+]([O-])c1cc(I)ccc1OCC1CCNC1. The smallest absolute Gasteiger partial charge is 0.311 e. The predicted molar refractivity (Wildman–Crippen MR) is 72.3 cm³/mol. The fraction of sp³-hybridized carbons (Fsp3) is 0.455. The number of hydrogen-bond donors (Lipinski definition) is 1. The van der Waals surface area contributed by atoms with E-state index in [1.165, 1.54) is 6.07 Å². The molecule has 5 nitrogen and oxygen atoms in total. The number of nitrogens with one attached hydrogen (secondary N) is 1. The quantitative estimate of drug-likeness (QED) is 0.515. The Hall–Kier alpha value is -0.890. The van der Waals surface area contributed by atoms with Crippen LogP contribution in [0.25, 0.3) is 0 Å². The molecule has 0 bridgehead atoms. The molecule has 0 aromatic heterocycles. The van der Waals surface area contributed by atoms with E-state index in [-0.39, 0.29) is 5.69 Å². The van der Waals surface area contributed by atoms with Crippen molar-refractivity contribution in [1.29, 1.82) is 0 Å². The fourth-order valence-corrected chi connectivity index (χ4v) is 2.29. The summed E-state index contributed by atoms with van der Waals surface area (Å²) in [6, 6.07) is 5.01. The van der Waals surface area contributed by atoms with Gasteiger partial charge in [0.05, 0.1) is 11.5 Å². The lowest BCUT2D eigenvalue weighted by atomic mass is 10.1. The van der Waals surface area contributed by atoms with Gasteiger partial charge in [0.15, 0.2) is 5.75 Å². The molecule has 1 fully saturated rings. The van der Waals surface area contributed by atoms with Gasteiger partial charge in [-0.15, -0.1) is 0 Å². The number of hydrogen-bond acceptors (Lipinski definition) is 4. The molecule has 0 aliphatic carbocycles. The van der Waals surface area contributed by atoms with Crippen molar-refractivity contribution in [2.24, 2.45) is 5.92 Å². The fourth-order valence-electron chi connectivity index (χ4n) is 1.82. The number of benzene rings is 1. The molecular weight excluding hydrogens is 335 g/mol. The van der Waals surface area contributed by atoms with Gasteiger partial charge in [0.1, 0.15) is 0 Å². The van der Waals surface area contributed by atoms with Crippen LogP contribution in [0.1, 0.15) is 6.42 Å². The van der Waals surface area contributed by atoms with Gasteiger partial charge in [0.2, 0.25) is 0 Å². The van der Waals surface area contributed by atoms with Crippen molar-refractivity contribution < 1.29 is 9.66 Å². The predicted octanol–water partition coefficient (Wildman–Crippen LogP) is 2.19. The summed E-state index contributed by atoms with van der Waals surface area (Å²) in [6.45, 7) is 2.47. The van der Waals surface area contributed by atoms with Crippen molar-refractivity contribution in [2.75, 3.05) is 19.7 Å². The molecule has 1 N–H and O–H groups in total. The van der Waals surface area contributed by atoms with Crippen LogP contribution in [0, 0.1) is 19.6 Å². The number of halogens is 1. The van der Waals surface area contributed by atoms with E-state index in [2.05, 4.69) is 27.9 Å². The van der Waals surface area contributed by atoms with E-state index in [1.54, 1.807) is 6.07 Å². The van der Waals surface area contributed by atoms with Gasteiger partial charge < -0.3 is 10.1 Å².